The highest BCUT2D eigenvalue weighted by Gasteiger charge is 2.33. The Morgan fingerprint density at radius 1 is 1.20 bits per heavy atom. The molecule has 2 aliphatic heterocycles. The molecule has 4 N–H and O–H groups in total. The number of sulfonamides is 1. The fourth-order valence-corrected chi connectivity index (χ4v) is 7.47. The predicted octanol–water partition coefficient (Wildman–Crippen LogP) is 0.929. The van der Waals surface area contributed by atoms with E-state index < -0.39 is 52.8 Å². The van der Waals surface area contributed by atoms with Gasteiger partial charge in [0.05, 0.1) is 17.0 Å². The minimum absolute atomic E-state index is 0.0162. The number of hydrogen-bond donors (Lipinski definition) is 3. The van der Waals surface area contributed by atoms with Gasteiger partial charge in [-0.3, -0.25) is 4.79 Å². The van der Waals surface area contributed by atoms with Gasteiger partial charge in [-0.2, -0.15) is 13.1 Å². The van der Waals surface area contributed by atoms with Gasteiger partial charge in [-0.05, 0) is 71.3 Å². The smallest absolute Gasteiger partial charge is 0.353 e. The molecule has 0 amide bonds. The van der Waals surface area contributed by atoms with Crippen LogP contribution in [0.1, 0.15) is 32.1 Å². The topological polar surface area (TPSA) is 162 Å². The zero-order valence-electron chi connectivity index (χ0n) is 19.0. The van der Waals surface area contributed by atoms with Crippen LogP contribution in [0, 0.1) is 11.8 Å². The lowest BCUT2D eigenvalue weighted by molar-refractivity contribution is -0.160. The van der Waals surface area contributed by atoms with Gasteiger partial charge >= 0.3 is 11.9 Å². The van der Waals surface area contributed by atoms with Crippen molar-refractivity contribution in [2.24, 2.45) is 17.6 Å². The minimum atomic E-state index is -4.03. The fraction of sp³-hybridized carbons (Fsp3) is 0.455. The second kappa shape index (κ2) is 12.7. The molecular formula is C22H29N3O7S3. The van der Waals surface area contributed by atoms with E-state index >= 15 is 0 Å². The first-order chi connectivity index (χ1) is 16.7. The molecule has 0 spiro atoms. The summed E-state index contributed by atoms with van der Waals surface area (Å²) in [5.41, 5.74) is 6.13. The first-order valence-corrected chi connectivity index (χ1v) is 15.6. The number of esters is 2. The minimum Gasteiger partial charge on any atom is -0.389 e. The summed E-state index contributed by atoms with van der Waals surface area (Å²) in [6.07, 6.45) is 4.95. The van der Waals surface area contributed by atoms with E-state index in [9.17, 15) is 26.4 Å². The SMILES string of the molecule is N[C@@H](NS(=O)(=O)c1ccccc1)C(CCCC1CCNCC1)C(=O)OC(=O)C1=CC=CS1=S(=O)=O. The highest BCUT2D eigenvalue weighted by molar-refractivity contribution is 8.37. The summed E-state index contributed by atoms with van der Waals surface area (Å²) in [6.45, 7) is 1.85. The van der Waals surface area contributed by atoms with Crippen LogP contribution in [0.25, 0.3) is 0 Å². The molecular weight excluding hydrogens is 514 g/mol. The van der Waals surface area contributed by atoms with Crippen LogP contribution >= 0.6 is 0 Å². The highest BCUT2D eigenvalue weighted by atomic mass is 32.9. The van der Waals surface area contributed by atoms with Gasteiger partial charge in [0, 0.05) is 0 Å². The molecule has 192 valence electrons. The fourth-order valence-electron chi connectivity index (χ4n) is 3.99. The molecule has 0 radical (unpaired) electrons. The largest absolute Gasteiger partial charge is 0.389 e. The van der Waals surface area contributed by atoms with Crippen LogP contribution < -0.4 is 15.8 Å². The van der Waals surface area contributed by atoms with Crippen LogP contribution in [0.4, 0.5) is 0 Å². The molecule has 0 saturated carbocycles. The molecule has 1 saturated heterocycles. The molecule has 1 aromatic rings. The van der Waals surface area contributed by atoms with Gasteiger partial charge in [-0.15, -0.1) is 0 Å². The third kappa shape index (κ3) is 7.66. The number of rotatable bonds is 10. The third-order valence-corrected chi connectivity index (χ3v) is 10.5. The van der Waals surface area contributed by atoms with E-state index in [4.69, 9.17) is 10.5 Å². The van der Waals surface area contributed by atoms with Crippen molar-refractivity contribution >= 4 is 40.7 Å². The summed E-state index contributed by atoms with van der Waals surface area (Å²) in [7, 11) is -8.12. The molecule has 1 aromatic carbocycles. The van der Waals surface area contributed by atoms with Gasteiger partial charge in [-0.25, -0.2) is 13.2 Å². The normalized spacial score (nSPS) is 20.1. The van der Waals surface area contributed by atoms with Crippen molar-refractivity contribution in [3.63, 3.8) is 0 Å². The first kappa shape index (κ1) is 27.4. The van der Waals surface area contributed by atoms with E-state index in [1.807, 2.05) is 0 Å². The van der Waals surface area contributed by atoms with Gasteiger partial charge < -0.3 is 15.8 Å². The molecule has 0 aliphatic carbocycles. The Morgan fingerprint density at radius 2 is 1.89 bits per heavy atom. The lowest BCUT2D eigenvalue weighted by Crippen LogP contribution is -2.50. The maximum atomic E-state index is 13.0. The van der Waals surface area contributed by atoms with Crippen molar-refractivity contribution in [3.05, 3.63) is 52.8 Å². The number of ether oxygens (including phenoxy) is 1. The lowest BCUT2D eigenvalue weighted by atomic mass is 9.90. The number of nitrogens with one attached hydrogen (secondary N) is 2. The van der Waals surface area contributed by atoms with E-state index in [1.165, 1.54) is 29.7 Å². The molecule has 1 fully saturated rings. The molecule has 10 nitrogen and oxygen atoms in total. The Morgan fingerprint density at radius 3 is 2.54 bits per heavy atom. The number of allylic oxidation sites excluding steroid dienone is 2. The summed E-state index contributed by atoms with van der Waals surface area (Å²) in [6, 6.07) is 7.58. The maximum Gasteiger partial charge on any atom is 0.353 e. The van der Waals surface area contributed by atoms with E-state index in [0.29, 0.717) is 12.3 Å². The van der Waals surface area contributed by atoms with Crippen LogP contribution in [0.15, 0.2) is 57.7 Å². The summed E-state index contributed by atoms with van der Waals surface area (Å²) < 4.78 is 55.5. The molecule has 2 aliphatic rings. The van der Waals surface area contributed by atoms with Crippen LogP contribution in [0.5, 0.6) is 0 Å². The van der Waals surface area contributed by atoms with Crippen LogP contribution in [-0.2, 0) is 43.1 Å². The Bertz CT molecular complexity index is 1230. The summed E-state index contributed by atoms with van der Waals surface area (Å²) in [5.74, 6) is -2.75. The zero-order chi connectivity index (χ0) is 25.4. The van der Waals surface area contributed by atoms with Crippen LogP contribution in [0.2, 0.25) is 0 Å². The zero-order valence-corrected chi connectivity index (χ0v) is 21.4. The van der Waals surface area contributed by atoms with Gasteiger partial charge in [0.15, 0.2) is 0 Å². The highest BCUT2D eigenvalue weighted by Crippen LogP contribution is 2.23. The maximum absolute atomic E-state index is 13.0. The van der Waals surface area contributed by atoms with Crippen LogP contribution in [0.3, 0.4) is 0 Å². The second-order valence-electron chi connectivity index (χ2n) is 8.26. The second-order valence-corrected chi connectivity index (χ2v) is 13.6. The Hall–Kier alpha value is -2.16. The first-order valence-electron chi connectivity index (χ1n) is 11.2. The lowest BCUT2D eigenvalue weighted by Gasteiger charge is -2.25. The monoisotopic (exact) mass is 543 g/mol. The molecule has 2 unspecified atom stereocenters. The average Bonchev–Trinajstić information content (AvgIpc) is 3.33. The van der Waals surface area contributed by atoms with E-state index in [-0.39, 0.29) is 16.2 Å². The average molecular weight is 544 g/mol. The standard InChI is InChI=1S/C22H29N3O7S3/c23-20(25-35(30,31)17-7-2-1-3-8-17)18(9-4-6-16-11-13-24-14-12-16)21(26)32-22(27)19-10-5-15-33(19)34(28)29/h1-3,5,7-8,10,15-16,18,20,24-25H,4,6,9,11-14,23H2/t18?,20-,33?/m0/s1. The Balaban J connectivity index is 1.72. The van der Waals surface area contributed by atoms with E-state index in [0.717, 1.165) is 32.4 Å². The number of hydrogen-bond acceptors (Lipinski definition) is 9. The predicted molar refractivity (Wildman–Crippen MR) is 132 cm³/mol. The van der Waals surface area contributed by atoms with Gasteiger partial charge in [0.1, 0.15) is 4.91 Å². The molecule has 35 heavy (non-hydrogen) atoms. The summed E-state index contributed by atoms with van der Waals surface area (Å²) in [4.78, 5) is 25.3. The number of benzene rings is 1. The number of nitrogens with two attached hydrogens (primary N) is 1. The van der Waals surface area contributed by atoms with Crippen molar-refractivity contribution in [2.75, 3.05) is 13.1 Å². The van der Waals surface area contributed by atoms with E-state index in [2.05, 4.69) is 10.0 Å². The molecule has 13 heteroatoms. The molecule has 3 rings (SSSR count). The van der Waals surface area contributed by atoms with Crippen molar-refractivity contribution < 1.29 is 31.2 Å². The number of carbonyl (C=O) groups excluding carboxylic acids is 2. The summed E-state index contributed by atoms with van der Waals surface area (Å²) >= 11 is 0. The van der Waals surface area contributed by atoms with Crippen molar-refractivity contribution in [1.29, 1.82) is 0 Å². The molecule has 0 bridgehead atoms. The number of carbonyl (C=O) groups is 2. The van der Waals surface area contributed by atoms with Crippen LogP contribution in [-0.4, -0.2) is 48.0 Å². The Labute approximate surface area is 208 Å². The van der Waals surface area contributed by atoms with Gasteiger partial charge in [-0.1, -0.05) is 37.1 Å². The Kier molecular flexibility index (Phi) is 9.95. The van der Waals surface area contributed by atoms with Gasteiger partial charge in [0.2, 0.25) is 19.3 Å². The van der Waals surface area contributed by atoms with Crippen molar-refractivity contribution in [2.45, 2.75) is 43.2 Å². The van der Waals surface area contributed by atoms with Gasteiger partial charge in [0.25, 0.3) is 0 Å². The quantitative estimate of drug-likeness (QED) is 0.221. The van der Waals surface area contributed by atoms with Crippen molar-refractivity contribution in [3.8, 4) is 0 Å². The molecule has 0 aromatic heterocycles. The van der Waals surface area contributed by atoms with Crippen molar-refractivity contribution in [1.82, 2.24) is 10.0 Å². The number of piperidine rings is 1. The third-order valence-electron chi connectivity index (χ3n) is 5.87. The molecule has 2 heterocycles. The van der Waals surface area contributed by atoms with E-state index in [1.54, 1.807) is 18.2 Å². The summed E-state index contributed by atoms with van der Waals surface area (Å²) in [5, 5.41) is 4.61. The molecule has 3 atom stereocenters.